The zero-order valence-corrected chi connectivity index (χ0v) is 12.4. The van der Waals surface area contributed by atoms with Crippen molar-refractivity contribution in [2.24, 2.45) is 0 Å². The van der Waals surface area contributed by atoms with Crippen molar-refractivity contribution in [3.05, 3.63) is 68.7 Å². The van der Waals surface area contributed by atoms with E-state index in [0.717, 1.165) is 22.3 Å². The minimum atomic E-state index is 0.0422. The third kappa shape index (κ3) is 2.57. The molecule has 2 aromatic carbocycles. The molecule has 1 nitrogen and oxygen atoms in total. The van der Waals surface area contributed by atoms with Crippen LogP contribution >= 0.6 is 11.6 Å². The molecule has 0 N–H and O–H groups in total. The normalized spacial score (nSPS) is 10.6. The van der Waals surface area contributed by atoms with E-state index < -0.39 is 0 Å². The van der Waals surface area contributed by atoms with Crippen LogP contribution in [0.4, 0.5) is 0 Å². The Morgan fingerprint density at radius 3 is 2.21 bits per heavy atom. The van der Waals surface area contributed by atoms with E-state index in [-0.39, 0.29) is 5.78 Å². The highest BCUT2D eigenvalue weighted by Gasteiger charge is 2.16. The molecule has 0 unspecified atom stereocenters. The van der Waals surface area contributed by atoms with Gasteiger partial charge in [0.05, 0.1) is 0 Å². The Kier molecular flexibility index (Phi) is 3.77. The lowest BCUT2D eigenvalue weighted by Gasteiger charge is -2.11. The number of rotatable bonds is 2. The molecular weight excluding hydrogens is 256 g/mol. The van der Waals surface area contributed by atoms with Crippen molar-refractivity contribution in [1.82, 2.24) is 0 Å². The molecule has 0 bridgehead atoms. The van der Waals surface area contributed by atoms with Crippen LogP contribution in [0.5, 0.6) is 0 Å². The number of hydrogen-bond acceptors (Lipinski definition) is 1. The Balaban J connectivity index is 2.56. The zero-order chi connectivity index (χ0) is 14.2. The van der Waals surface area contributed by atoms with Gasteiger partial charge >= 0.3 is 0 Å². The molecule has 0 fully saturated rings. The summed E-state index contributed by atoms with van der Waals surface area (Å²) in [6, 6.07) is 9.48. The molecule has 0 heterocycles. The summed E-state index contributed by atoms with van der Waals surface area (Å²) in [5, 5.41) is 0.632. The van der Waals surface area contributed by atoms with Crippen molar-refractivity contribution < 1.29 is 4.79 Å². The summed E-state index contributed by atoms with van der Waals surface area (Å²) in [5.74, 6) is 0.0422. The van der Waals surface area contributed by atoms with Crippen LogP contribution < -0.4 is 0 Å². The summed E-state index contributed by atoms with van der Waals surface area (Å²) in [5.41, 5.74) is 5.62. The number of ketones is 1. The van der Waals surface area contributed by atoms with E-state index in [0.29, 0.717) is 10.6 Å². The van der Waals surface area contributed by atoms with Crippen LogP contribution in [0.25, 0.3) is 0 Å². The maximum absolute atomic E-state index is 12.6. The number of carbonyl (C=O) groups excluding carboxylic acids is 1. The van der Waals surface area contributed by atoms with Crippen LogP contribution in [0.2, 0.25) is 5.02 Å². The van der Waals surface area contributed by atoms with Crippen LogP contribution in [-0.4, -0.2) is 5.78 Å². The SMILES string of the molecule is Cc1cc(C)c(C(=O)c2cccc(Cl)c2C)cc1C. The predicted octanol–water partition coefficient (Wildman–Crippen LogP) is 4.80. The van der Waals surface area contributed by atoms with Gasteiger partial charge in [0.2, 0.25) is 0 Å². The predicted molar refractivity (Wildman–Crippen MR) is 80.3 cm³/mol. The van der Waals surface area contributed by atoms with Gasteiger partial charge in [0.15, 0.2) is 5.78 Å². The summed E-state index contributed by atoms with van der Waals surface area (Å²) >= 11 is 6.09. The fraction of sp³-hybridized carbons (Fsp3) is 0.235. The molecule has 98 valence electrons. The molecule has 0 saturated carbocycles. The van der Waals surface area contributed by atoms with E-state index in [9.17, 15) is 4.79 Å². The Hall–Kier alpha value is -1.60. The van der Waals surface area contributed by atoms with Gasteiger partial charge in [-0.05, 0) is 62.1 Å². The Morgan fingerprint density at radius 1 is 0.895 bits per heavy atom. The Bertz CT molecular complexity index is 657. The molecule has 0 amide bonds. The summed E-state index contributed by atoms with van der Waals surface area (Å²) in [6.07, 6.45) is 0. The average Bonchev–Trinajstić information content (AvgIpc) is 2.36. The molecule has 2 heteroatoms. The maximum atomic E-state index is 12.6. The third-order valence-electron chi connectivity index (χ3n) is 3.60. The van der Waals surface area contributed by atoms with Gasteiger partial charge in [-0.3, -0.25) is 4.79 Å². The van der Waals surface area contributed by atoms with Gasteiger partial charge in [-0.25, -0.2) is 0 Å². The van der Waals surface area contributed by atoms with Crippen LogP contribution in [0, 0.1) is 27.7 Å². The van der Waals surface area contributed by atoms with Gasteiger partial charge in [0.25, 0.3) is 0 Å². The average molecular weight is 273 g/mol. The highest BCUT2D eigenvalue weighted by molar-refractivity contribution is 6.32. The first kappa shape index (κ1) is 13.8. The minimum absolute atomic E-state index is 0.0422. The molecule has 0 aliphatic carbocycles. The van der Waals surface area contributed by atoms with Gasteiger partial charge in [0, 0.05) is 16.1 Å². The lowest BCUT2D eigenvalue weighted by molar-refractivity contribution is 0.103. The quantitative estimate of drug-likeness (QED) is 0.718. The van der Waals surface area contributed by atoms with Crippen molar-refractivity contribution >= 4 is 17.4 Å². The fourth-order valence-corrected chi connectivity index (χ4v) is 2.38. The largest absolute Gasteiger partial charge is 0.289 e. The van der Waals surface area contributed by atoms with Gasteiger partial charge in [-0.1, -0.05) is 29.8 Å². The molecule has 0 saturated heterocycles. The van der Waals surface area contributed by atoms with Gasteiger partial charge in [-0.2, -0.15) is 0 Å². The monoisotopic (exact) mass is 272 g/mol. The van der Waals surface area contributed by atoms with Crippen LogP contribution in [0.15, 0.2) is 30.3 Å². The van der Waals surface area contributed by atoms with Gasteiger partial charge in [-0.15, -0.1) is 0 Å². The Labute approximate surface area is 119 Å². The van der Waals surface area contributed by atoms with E-state index in [2.05, 4.69) is 13.0 Å². The van der Waals surface area contributed by atoms with Gasteiger partial charge < -0.3 is 0 Å². The van der Waals surface area contributed by atoms with Crippen LogP contribution in [-0.2, 0) is 0 Å². The lowest BCUT2D eigenvalue weighted by Crippen LogP contribution is -2.07. The molecule has 2 aromatic rings. The number of benzene rings is 2. The number of hydrogen-bond donors (Lipinski definition) is 0. The summed E-state index contributed by atoms with van der Waals surface area (Å²) in [6.45, 7) is 7.93. The molecule has 0 aliphatic rings. The minimum Gasteiger partial charge on any atom is -0.289 e. The number of carbonyl (C=O) groups is 1. The first-order valence-electron chi connectivity index (χ1n) is 6.29. The second kappa shape index (κ2) is 5.18. The highest BCUT2D eigenvalue weighted by Crippen LogP contribution is 2.24. The standard InChI is InChI=1S/C17H17ClO/c1-10-8-12(3)15(9-11(10)2)17(19)14-6-5-7-16(18)13(14)4/h5-9H,1-4H3. The Morgan fingerprint density at radius 2 is 1.53 bits per heavy atom. The van der Waals surface area contributed by atoms with Crippen LogP contribution in [0.3, 0.4) is 0 Å². The summed E-state index contributed by atoms with van der Waals surface area (Å²) in [7, 11) is 0. The number of aryl methyl sites for hydroxylation is 3. The second-order valence-electron chi connectivity index (χ2n) is 4.99. The van der Waals surface area contributed by atoms with Gasteiger partial charge in [0.1, 0.15) is 0 Å². The van der Waals surface area contributed by atoms with Crippen molar-refractivity contribution in [1.29, 1.82) is 0 Å². The topological polar surface area (TPSA) is 17.1 Å². The van der Waals surface area contributed by atoms with Crippen molar-refractivity contribution in [3.63, 3.8) is 0 Å². The van der Waals surface area contributed by atoms with Crippen molar-refractivity contribution in [2.45, 2.75) is 27.7 Å². The first-order chi connectivity index (χ1) is 8.91. The molecule has 0 radical (unpaired) electrons. The molecule has 0 aliphatic heterocycles. The summed E-state index contributed by atoms with van der Waals surface area (Å²) < 4.78 is 0. The molecular formula is C17H17ClO. The maximum Gasteiger partial charge on any atom is 0.193 e. The fourth-order valence-electron chi connectivity index (χ4n) is 2.20. The van der Waals surface area contributed by atoms with E-state index in [1.165, 1.54) is 5.56 Å². The van der Waals surface area contributed by atoms with Crippen molar-refractivity contribution in [3.8, 4) is 0 Å². The van der Waals surface area contributed by atoms with E-state index in [1.807, 2.05) is 39.0 Å². The molecule has 0 atom stereocenters. The molecule has 19 heavy (non-hydrogen) atoms. The second-order valence-corrected chi connectivity index (χ2v) is 5.40. The van der Waals surface area contributed by atoms with E-state index >= 15 is 0 Å². The van der Waals surface area contributed by atoms with Crippen molar-refractivity contribution in [2.75, 3.05) is 0 Å². The highest BCUT2D eigenvalue weighted by atomic mass is 35.5. The summed E-state index contributed by atoms with van der Waals surface area (Å²) in [4.78, 5) is 12.6. The van der Waals surface area contributed by atoms with E-state index in [4.69, 9.17) is 11.6 Å². The lowest BCUT2D eigenvalue weighted by atomic mass is 9.93. The molecule has 2 rings (SSSR count). The molecule has 0 aromatic heterocycles. The van der Waals surface area contributed by atoms with Crippen LogP contribution in [0.1, 0.15) is 38.2 Å². The molecule has 0 spiro atoms. The first-order valence-corrected chi connectivity index (χ1v) is 6.67. The third-order valence-corrected chi connectivity index (χ3v) is 4.01. The number of halogens is 1. The smallest absolute Gasteiger partial charge is 0.193 e. The zero-order valence-electron chi connectivity index (χ0n) is 11.7. The van der Waals surface area contributed by atoms with E-state index in [1.54, 1.807) is 6.07 Å².